The van der Waals surface area contributed by atoms with Gasteiger partial charge in [-0.25, -0.2) is 0 Å². The van der Waals surface area contributed by atoms with Crippen molar-refractivity contribution in [3.63, 3.8) is 0 Å². The van der Waals surface area contributed by atoms with Crippen molar-refractivity contribution in [2.45, 2.75) is 328 Å². The molecule has 0 heterocycles. The van der Waals surface area contributed by atoms with Gasteiger partial charge < -0.3 is 14.6 Å². The summed E-state index contributed by atoms with van der Waals surface area (Å²) in [4.78, 5) is 24.7. The van der Waals surface area contributed by atoms with Gasteiger partial charge in [0.2, 0.25) is 0 Å². The maximum Gasteiger partial charge on any atom is 0.306 e. The van der Waals surface area contributed by atoms with Crippen LogP contribution in [0, 0.1) is 0 Å². The topological polar surface area (TPSA) is 72.8 Å². The largest absolute Gasteiger partial charge is 0.462 e. The van der Waals surface area contributed by atoms with E-state index in [1.54, 1.807) is 0 Å². The minimum atomic E-state index is -0.783. The summed E-state index contributed by atoms with van der Waals surface area (Å²) in [7, 11) is 0. The monoisotopic (exact) mass is 1190 g/mol. The molecule has 5 heteroatoms. The van der Waals surface area contributed by atoms with Gasteiger partial charge in [-0.1, -0.05) is 345 Å². The van der Waals surface area contributed by atoms with E-state index >= 15 is 0 Å². The quantitative estimate of drug-likeness (QED) is 0.0373. The average molecular weight is 1190 g/mol. The van der Waals surface area contributed by atoms with Crippen LogP contribution in [0.2, 0.25) is 0 Å². The first-order chi connectivity index (χ1) is 42.6. The Kier molecular flexibility index (Phi) is 70.9. The highest BCUT2D eigenvalue weighted by atomic mass is 16.6. The predicted octanol–water partition coefficient (Wildman–Crippen LogP) is 25.4. The van der Waals surface area contributed by atoms with E-state index in [0.29, 0.717) is 12.8 Å². The fourth-order valence-electron chi connectivity index (χ4n) is 10.0. The zero-order valence-corrected chi connectivity index (χ0v) is 56.0. The molecule has 0 aromatic rings. The Balaban J connectivity index is 3.50. The molecule has 0 radical (unpaired) electrons. The van der Waals surface area contributed by atoms with Crippen molar-refractivity contribution in [3.05, 3.63) is 158 Å². The maximum atomic E-state index is 12.4. The molecule has 0 rings (SSSR count). The van der Waals surface area contributed by atoms with Crippen LogP contribution in [0.5, 0.6) is 0 Å². The minimum Gasteiger partial charge on any atom is -0.462 e. The molecule has 0 aliphatic heterocycles. The fraction of sp³-hybridized carbons (Fsp3) is 0.654. The number of aliphatic hydroxyl groups is 1. The normalized spacial score (nSPS) is 13.2. The van der Waals surface area contributed by atoms with Crippen molar-refractivity contribution < 1.29 is 24.2 Å². The van der Waals surface area contributed by atoms with Gasteiger partial charge in [0.1, 0.15) is 6.61 Å². The number of allylic oxidation sites excluding steroid dienone is 26. The van der Waals surface area contributed by atoms with Crippen LogP contribution in [-0.4, -0.2) is 36.4 Å². The fourth-order valence-corrected chi connectivity index (χ4v) is 10.0. The number of esters is 2. The van der Waals surface area contributed by atoms with Crippen LogP contribution in [0.1, 0.15) is 322 Å². The summed E-state index contributed by atoms with van der Waals surface area (Å²) < 4.78 is 10.8. The van der Waals surface area contributed by atoms with E-state index in [2.05, 4.69) is 172 Å². The summed E-state index contributed by atoms with van der Waals surface area (Å²) in [6, 6.07) is 0. The summed E-state index contributed by atoms with van der Waals surface area (Å²) >= 11 is 0. The molecule has 5 nitrogen and oxygen atoms in total. The Morgan fingerprint density at radius 1 is 0.267 bits per heavy atom. The molecular formula is C81H134O5. The van der Waals surface area contributed by atoms with Crippen LogP contribution < -0.4 is 0 Å². The Labute approximate surface area is 532 Å². The number of aliphatic hydroxyl groups excluding tert-OH is 1. The first kappa shape index (κ1) is 81.5. The zero-order valence-electron chi connectivity index (χ0n) is 56.0. The SMILES string of the molecule is CC/C=C\C/C=C\C/C=C\C/C=C\C/C=C\C/C=C\C/C=C\C/C=C\CCCCCCCCCCCCCCC(=O)OC(CO)COC(=O)CCCCCCCCCCCCCCCCCCCCC/C=C\C/C=C\C/C=C\C/C=C\C/C=C\CC. The molecule has 0 saturated carbocycles. The molecule has 0 aliphatic carbocycles. The van der Waals surface area contributed by atoms with E-state index in [9.17, 15) is 14.7 Å². The third-order valence-electron chi connectivity index (χ3n) is 15.3. The number of ether oxygens (including phenoxy) is 2. The summed E-state index contributed by atoms with van der Waals surface area (Å²) in [5.41, 5.74) is 0. The second-order valence-electron chi connectivity index (χ2n) is 23.6. The molecule has 488 valence electrons. The van der Waals surface area contributed by atoms with E-state index in [1.165, 1.54) is 173 Å². The van der Waals surface area contributed by atoms with E-state index in [1.807, 2.05) is 0 Å². The lowest BCUT2D eigenvalue weighted by atomic mass is 10.0. The Bertz CT molecular complexity index is 1830. The van der Waals surface area contributed by atoms with Crippen LogP contribution in [0.3, 0.4) is 0 Å². The average Bonchev–Trinajstić information content (AvgIpc) is 3.53. The molecule has 0 aliphatic rings. The molecule has 1 atom stereocenters. The molecule has 1 N–H and O–H groups in total. The first-order valence-electron chi connectivity index (χ1n) is 36.0. The molecule has 0 saturated heterocycles. The zero-order chi connectivity index (χ0) is 61.9. The van der Waals surface area contributed by atoms with Gasteiger partial charge in [0.25, 0.3) is 0 Å². The highest BCUT2D eigenvalue weighted by molar-refractivity contribution is 5.70. The second kappa shape index (κ2) is 74.8. The van der Waals surface area contributed by atoms with Gasteiger partial charge in [-0.15, -0.1) is 0 Å². The van der Waals surface area contributed by atoms with Crippen molar-refractivity contribution in [2.75, 3.05) is 13.2 Å². The van der Waals surface area contributed by atoms with Crippen LogP contribution in [0.25, 0.3) is 0 Å². The Hall–Kier alpha value is -4.48. The van der Waals surface area contributed by atoms with Gasteiger partial charge in [0.05, 0.1) is 6.61 Å². The highest BCUT2D eigenvalue weighted by Gasteiger charge is 2.16. The summed E-state index contributed by atoms with van der Waals surface area (Å²) in [6.45, 7) is 3.93. The number of carbonyl (C=O) groups excluding carboxylic acids is 2. The Morgan fingerprint density at radius 2 is 0.465 bits per heavy atom. The van der Waals surface area contributed by atoms with Crippen LogP contribution >= 0.6 is 0 Å². The Morgan fingerprint density at radius 3 is 0.698 bits per heavy atom. The number of hydrogen-bond acceptors (Lipinski definition) is 5. The summed E-state index contributed by atoms with van der Waals surface area (Å²) in [6.07, 6.45) is 114. The molecule has 0 bridgehead atoms. The van der Waals surface area contributed by atoms with Crippen molar-refractivity contribution in [2.24, 2.45) is 0 Å². The predicted molar refractivity (Wildman–Crippen MR) is 380 cm³/mol. The van der Waals surface area contributed by atoms with Gasteiger partial charge in [-0.05, 0) is 122 Å². The van der Waals surface area contributed by atoms with Crippen LogP contribution in [0.15, 0.2) is 158 Å². The molecule has 0 aromatic carbocycles. The van der Waals surface area contributed by atoms with Gasteiger partial charge in [-0.2, -0.15) is 0 Å². The summed E-state index contributed by atoms with van der Waals surface area (Å²) in [5, 5.41) is 9.71. The third-order valence-corrected chi connectivity index (χ3v) is 15.3. The minimum absolute atomic E-state index is 0.0710. The molecule has 86 heavy (non-hydrogen) atoms. The van der Waals surface area contributed by atoms with E-state index in [-0.39, 0.29) is 25.2 Å². The molecule has 0 aromatic heterocycles. The molecule has 1 unspecified atom stereocenters. The molecular weight excluding hydrogens is 1050 g/mol. The standard InChI is InChI=1S/C81H134O5/c1-3-5-7-9-11-13-15-17-19-21-23-25-27-29-31-33-35-37-39-40-42-44-46-48-50-52-54-56-58-60-62-64-66-68-70-72-74-76-81(84)86-79(77-82)78-85-80(83)75-73-71-69-67-65-63-61-59-57-55-53-51-49-47-45-43-41-38-36-34-32-30-28-26-24-22-20-18-16-14-12-10-8-6-4-2/h5-8,11-14,17-20,23-26,29-32,35,37,40,42,46,48,79,82H,3-4,9-10,15-16,21-22,27-28,33-34,36,38-39,41,43-45,47,49-78H2,1-2H3/b7-5-,8-6-,13-11-,14-12-,19-17-,20-18-,25-23-,26-24-,31-29-,32-30-,37-35-,42-40-,48-46-. The second-order valence-corrected chi connectivity index (χ2v) is 23.6. The smallest absolute Gasteiger partial charge is 0.306 e. The number of carbonyl (C=O) groups is 2. The molecule has 0 fully saturated rings. The van der Waals surface area contributed by atoms with E-state index in [4.69, 9.17) is 9.47 Å². The summed E-state index contributed by atoms with van der Waals surface area (Å²) in [5.74, 6) is -0.588. The first-order valence-corrected chi connectivity index (χ1v) is 36.0. The van der Waals surface area contributed by atoms with Gasteiger partial charge in [0.15, 0.2) is 6.10 Å². The lowest BCUT2D eigenvalue weighted by Gasteiger charge is -2.15. The van der Waals surface area contributed by atoms with Gasteiger partial charge in [0, 0.05) is 12.8 Å². The van der Waals surface area contributed by atoms with Crippen molar-refractivity contribution in [3.8, 4) is 0 Å². The van der Waals surface area contributed by atoms with E-state index in [0.717, 1.165) is 122 Å². The number of rotatable bonds is 65. The maximum absolute atomic E-state index is 12.4. The van der Waals surface area contributed by atoms with Crippen molar-refractivity contribution >= 4 is 11.9 Å². The van der Waals surface area contributed by atoms with Crippen LogP contribution in [-0.2, 0) is 19.1 Å². The lowest BCUT2D eigenvalue weighted by molar-refractivity contribution is -0.161. The van der Waals surface area contributed by atoms with Crippen LogP contribution in [0.4, 0.5) is 0 Å². The molecule has 0 spiro atoms. The third kappa shape index (κ3) is 72.0. The lowest BCUT2D eigenvalue weighted by Crippen LogP contribution is -2.28. The van der Waals surface area contributed by atoms with Crippen molar-refractivity contribution in [1.29, 1.82) is 0 Å². The van der Waals surface area contributed by atoms with Gasteiger partial charge in [-0.3, -0.25) is 9.59 Å². The van der Waals surface area contributed by atoms with Gasteiger partial charge >= 0.3 is 11.9 Å². The van der Waals surface area contributed by atoms with E-state index < -0.39 is 6.10 Å². The molecule has 0 amide bonds. The highest BCUT2D eigenvalue weighted by Crippen LogP contribution is 2.17. The van der Waals surface area contributed by atoms with Crippen molar-refractivity contribution in [1.82, 2.24) is 0 Å². The number of hydrogen-bond donors (Lipinski definition) is 1. The number of unbranched alkanes of at least 4 members (excludes halogenated alkanes) is 31.